The molecule has 0 radical (unpaired) electrons. The molecule has 1 rings (SSSR count). The van der Waals surface area contributed by atoms with Crippen LogP contribution in [0.25, 0.3) is 0 Å². The van der Waals surface area contributed by atoms with Crippen molar-refractivity contribution in [2.24, 2.45) is 5.73 Å². The maximum Gasteiger partial charge on any atom is 0.122 e. The van der Waals surface area contributed by atoms with Gasteiger partial charge in [0.15, 0.2) is 0 Å². The molecule has 0 spiro atoms. The highest BCUT2D eigenvalue weighted by atomic mass is 16.5. The zero-order valence-electron chi connectivity index (χ0n) is 11.9. The first kappa shape index (κ1) is 15.0. The molecular weight excluding hydrogens is 226 g/mol. The van der Waals surface area contributed by atoms with E-state index in [1.807, 2.05) is 18.2 Å². The fourth-order valence-electron chi connectivity index (χ4n) is 1.77. The summed E-state index contributed by atoms with van der Waals surface area (Å²) in [5.74, 6) is 0.907. The van der Waals surface area contributed by atoms with E-state index in [-0.39, 0.29) is 11.6 Å². The van der Waals surface area contributed by atoms with Crippen molar-refractivity contribution >= 4 is 0 Å². The molecule has 2 N–H and O–H groups in total. The highest BCUT2D eigenvalue weighted by molar-refractivity contribution is 5.33. The van der Waals surface area contributed by atoms with Crippen LogP contribution >= 0.6 is 0 Å². The number of hydrogen-bond acceptors (Lipinski definition) is 3. The maximum absolute atomic E-state index is 6.12. The van der Waals surface area contributed by atoms with Crippen molar-refractivity contribution in [3.8, 4) is 5.75 Å². The van der Waals surface area contributed by atoms with Gasteiger partial charge in [-0.2, -0.15) is 0 Å². The molecule has 0 saturated heterocycles. The molecule has 18 heavy (non-hydrogen) atoms. The summed E-state index contributed by atoms with van der Waals surface area (Å²) in [6.45, 7) is 6.86. The van der Waals surface area contributed by atoms with Crippen molar-refractivity contribution < 1.29 is 9.47 Å². The molecular formula is C15H25NO2. The third-order valence-electron chi connectivity index (χ3n) is 2.70. The summed E-state index contributed by atoms with van der Waals surface area (Å²) >= 11 is 0. The van der Waals surface area contributed by atoms with Crippen LogP contribution in [0.15, 0.2) is 24.3 Å². The Morgan fingerprint density at radius 2 is 1.89 bits per heavy atom. The summed E-state index contributed by atoms with van der Waals surface area (Å²) in [7, 11) is 1.69. The molecule has 3 heteroatoms. The van der Waals surface area contributed by atoms with Gasteiger partial charge in [0.25, 0.3) is 0 Å². The largest absolute Gasteiger partial charge is 0.496 e. The number of methoxy groups -OCH3 is 1. The van der Waals surface area contributed by atoms with Gasteiger partial charge in [0.2, 0.25) is 0 Å². The Bertz CT molecular complexity index is 358. The predicted octanol–water partition coefficient (Wildman–Crippen LogP) is 2.77. The molecule has 0 heterocycles. The Balaban J connectivity index is 2.42. The van der Waals surface area contributed by atoms with Crippen LogP contribution in [-0.2, 0) is 11.2 Å². The number of nitrogens with two attached hydrogens (primary N) is 1. The van der Waals surface area contributed by atoms with Crippen molar-refractivity contribution in [3.05, 3.63) is 29.8 Å². The van der Waals surface area contributed by atoms with Crippen LogP contribution in [0.2, 0.25) is 0 Å². The second kappa shape index (κ2) is 6.76. The molecule has 0 aliphatic carbocycles. The second-order valence-corrected chi connectivity index (χ2v) is 5.53. The molecule has 0 aromatic heterocycles. The third kappa shape index (κ3) is 5.52. The van der Waals surface area contributed by atoms with Crippen LogP contribution in [0.5, 0.6) is 5.75 Å². The zero-order valence-corrected chi connectivity index (χ0v) is 11.9. The van der Waals surface area contributed by atoms with Crippen LogP contribution in [0.4, 0.5) is 0 Å². The van der Waals surface area contributed by atoms with E-state index in [9.17, 15) is 0 Å². The van der Waals surface area contributed by atoms with Crippen molar-refractivity contribution in [1.82, 2.24) is 0 Å². The fraction of sp³-hybridized carbons (Fsp3) is 0.600. The number of benzene rings is 1. The molecule has 0 amide bonds. The van der Waals surface area contributed by atoms with E-state index >= 15 is 0 Å². The summed E-state index contributed by atoms with van der Waals surface area (Å²) in [6, 6.07) is 8.10. The quantitative estimate of drug-likeness (QED) is 0.845. The Morgan fingerprint density at radius 3 is 2.50 bits per heavy atom. The molecule has 0 aliphatic heterocycles. The molecule has 0 aliphatic rings. The van der Waals surface area contributed by atoms with Gasteiger partial charge >= 0.3 is 0 Å². The lowest BCUT2D eigenvalue weighted by Gasteiger charge is -2.21. The number of hydrogen-bond donors (Lipinski definition) is 1. The summed E-state index contributed by atoms with van der Waals surface area (Å²) in [5, 5.41) is 0. The summed E-state index contributed by atoms with van der Waals surface area (Å²) in [6.07, 6.45) is 1.67. The summed E-state index contributed by atoms with van der Waals surface area (Å²) in [4.78, 5) is 0. The van der Waals surface area contributed by atoms with Crippen molar-refractivity contribution in [2.45, 2.75) is 45.3 Å². The van der Waals surface area contributed by atoms with Gasteiger partial charge in [-0.25, -0.2) is 0 Å². The average Bonchev–Trinajstić information content (AvgIpc) is 2.28. The summed E-state index contributed by atoms with van der Waals surface area (Å²) < 4.78 is 11.0. The molecule has 1 aromatic carbocycles. The lowest BCUT2D eigenvalue weighted by molar-refractivity contribution is -0.00596. The molecule has 102 valence electrons. The van der Waals surface area contributed by atoms with Crippen LogP contribution in [0.1, 0.15) is 32.8 Å². The number of para-hydroxylation sites is 1. The lowest BCUT2D eigenvalue weighted by Crippen LogP contribution is -2.28. The highest BCUT2D eigenvalue weighted by Gasteiger charge is 2.12. The van der Waals surface area contributed by atoms with Crippen LogP contribution in [0, 0.1) is 0 Å². The number of rotatable bonds is 6. The molecule has 0 fully saturated rings. The Kier molecular flexibility index (Phi) is 5.63. The third-order valence-corrected chi connectivity index (χ3v) is 2.70. The molecule has 1 aromatic rings. The van der Waals surface area contributed by atoms with Gasteiger partial charge in [0, 0.05) is 12.6 Å². The molecule has 0 saturated carbocycles. The predicted molar refractivity (Wildman–Crippen MR) is 75.0 cm³/mol. The zero-order chi connectivity index (χ0) is 13.6. The van der Waals surface area contributed by atoms with Gasteiger partial charge in [-0.15, -0.1) is 0 Å². The van der Waals surface area contributed by atoms with Gasteiger partial charge in [0.05, 0.1) is 12.7 Å². The van der Waals surface area contributed by atoms with Gasteiger partial charge in [-0.1, -0.05) is 18.2 Å². The van der Waals surface area contributed by atoms with Gasteiger partial charge < -0.3 is 15.2 Å². The first-order valence-corrected chi connectivity index (χ1v) is 6.44. The van der Waals surface area contributed by atoms with E-state index in [0.717, 1.165) is 24.2 Å². The smallest absolute Gasteiger partial charge is 0.122 e. The molecule has 3 nitrogen and oxygen atoms in total. The Morgan fingerprint density at radius 1 is 1.22 bits per heavy atom. The van der Waals surface area contributed by atoms with Gasteiger partial charge in [0.1, 0.15) is 5.75 Å². The first-order chi connectivity index (χ1) is 8.42. The first-order valence-electron chi connectivity index (χ1n) is 6.44. The monoisotopic (exact) mass is 251 g/mol. The van der Waals surface area contributed by atoms with Crippen LogP contribution in [0.3, 0.4) is 0 Å². The topological polar surface area (TPSA) is 44.5 Å². The standard InChI is InChI=1S/C15H25NO2/c1-15(2,3)18-10-9-13(16)11-12-7-5-6-8-14(12)17-4/h5-8,13H,9-11,16H2,1-4H3. The van der Waals surface area contributed by atoms with E-state index in [0.29, 0.717) is 6.61 Å². The minimum atomic E-state index is -0.0931. The molecule has 1 unspecified atom stereocenters. The van der Waals surface area contributed by atoms with E-state index in [1.54, 1.807) is 7.11 Å². The second-order valence-electron chi connectivity index (χ2n) is 5.53. The van der Waals surface area contributed by atoms with Crippen LogP contribution < -0.4 is 10.5 Å². The maximum atomic E-state index is 6.12. The normalized spacial score (nSPS) is 13.4. The van der Waals surface area contributed by atoms with Crippen LogP contribution in [-0.4, -0.2) is 25.4 Å². The minimum Gasteiger partial charge on any atom is -0.496 e. The van der Waals surface area contributed by atoms with Crippen molar-refractivity contribution in [2.75, 3.05) is 13.7 Å². The van der Waals surface area contributed by atoms with E-state index in [1.165, 1.54) is 0 Å². The average molecular weight is 251 g/mol. The lowest BCUT2D eigenvalue weighted by atomic mass is 10.0. The Labute approximate surface area is 110 Å². The van der Waals surface area contributed by atoms with Gasteiger partial charge in [-0.3, -0.25) is 0 Å². The van der Waals surface area contributed by atoms with Crippen molar-refractivity contribution in [1.29, 1.82) is 0 Å². The Hall–Kier alpha value is -1.06. The van der Waals surface area contributed by atoms with E-state index < -0.39 is 0 Å². The SMILES string of the molecule is COc1ccccc1CC(N)CCOC(C)(C)C. The minimum absolute atomic E-state index is 0.0931. The fourth-order valence-corrected chi connectivity index (χ4v) is 1.77. The van der Waals surface area contributed by atoms with Gasteiger partial charge in [-0.05, 0) is 45.2 Å². The van der Waals surface area contributed by atoms with E-state index in [2.05, 4.69) is 26.8 Å². The van der Waals surface area contributed by atoms with Crippen molar-refractivity contribution in [3.63, 3.8) is 0 Å². The highest BCUT2D eigenvalue weighted by Crippen LogP contribution is 2.19. The molecule has 0 bridgehead atoms. The summed E-state index contributed by atoms with van der Waals surface area (Å²) in [5.41, 5.74) is 7.19. The van der Waals surface area contributed by atoms with E-state index in [4.69, 9.17) is 15.2 Å². The molecule has 1 atom stereocenters. The number of ether oxygens (including phenoxy) is 2.